The monoisotopic (exact) mass is 285 g/mol. The maximum absolute atomic E-state index is 12.7. The molecule has 0 aromatic heterocycles. The minimum Gasteiger partial charge on any atom is -0.392 e. The van der Waals surface area contributed by atoms with Crippen LogP contribution in [-0.2, 0) is 9.59 Å². The molecular weight excluding hydrogens is 262 g/mol. The fourth-order valence-corrected chi connectivity index (χ4v) is 2.91. The first kappa shape index (κ1) is 15.9. The molecule has 1 aliphatic carbocycles. The van der Waals surface area contributed by atoms with Crippen LogP contribution in [0.2, 0.25) is 0 Å². The third kappa shape index (κ3) is 3.43. The van der Waals surface area contributed by atoms with E-state index in [4.69, 9.17) is 18.0 Å². The third-order valence-electron chi connectivity index (χ3n) is 3.73. The van der Waals surface area contributed by atoms with Gasteiger partial charge in [-0.25, -0.2) is 0 Å². The molecule has 0 heterocycles. The molecule has 108 valence electrons. The Balaban J connectivity index is 2.90. The Hall–Kier alpha value is -1.17. The van der Waals surface area contributed by atoms with Gasteiger partial charge >= 0.3 is 0 Å². The van der Waals surface area contributed by atoms with Crippen LogP contribution < -0.4 is 11.1 Å². The van der Waals surface area contributed by atoms with Crippen LogP contribution in [0.1, 0.15) is 39.0 Å². The van der Waals surface area contributed by atoms with Crippen molar-refractivity contribution in [2.75, 3.05) is 20.1 Å². The second-order valence-electron chi connectivity index (χ2n) is 5.05. The fraction of sp³-hybridized carbons (Fsp3) is 0.769. The van der Waals surface area contributed by atoms with E-state index in [2.05, 4.69) is 5.32 Å². The molecule has 0 unspecified atom stereocenters. The number of nitrogens with two attached hydrogens (primary N) is 1. The standard InChI is InChI=1S/C13H23N3O2S/c1-3-8-16(9-10(17)15-2)12(18)13(11(14)19)6-4-5-7-13/h3-9H2,1-2H3,(H2,14,19)(H,15,17). The predicted molar refractivity (Wildman–Crippen MR) is 78.6 cm³/mol. The zero-order chi connectivity index (χ0) is 14.5. The van der Waals surface area contributed by atoms with E-state index in [1.54, 1.807) is 11.9 Å². The van der Waals surface area contributed by atoms with Gasteiger partial charge in [0, 0.05) is 13.6 Å². The first-order chi connectivity index (χ1) is 8.97. The van der Waals surface area contributed by atoms with E-state index >= 15 is 0 Å². The highest BCUT2D eigenvalue weighted by molar-refractivity contribution is 7.80. The van der Waals surface area contributed by atoms with E-state index in [0.717, 1.165) is 19.3 Å². The van der Waals surface area contributed by atoms with Crippen LogP contribution in [0.25, 0.3) is 0 Å². The molecule has 19 heavy (non-hydrogen) atoms. The largest absolute Gasteiger partial charge is 0.392 e. The van der Waals surface area contributed by atoms with E-state index in [9.17, 15) is 9.59 Å². The topological polar surface area (TPSA) is 75.4 Å². The van der Waals surface area contributed by atoms with Gasteiger partial charge < -0.3 is 16.0 Å². The van der Waals surface area contributed by atoms with Gasteiger partial charge in [0.1, 0.15) is 0 Å². The number of thiocarbonyl (C=S) groups is 1. The van der Waals surface area contributed by atoms with Gasteiger partial charge in [0.25, 0.3) is 0 Å². The van der Waals surface area contributed by atoms with Crippen molar-refractivity contribution >= 4 is 29.0 Å². The zero-order valence-electron chi connectivity index (χ0n) is 11.7. The van der Waals surface area contributed by atoms with E-state index in [-0.39, 0.29) is 23.3 Å². The molecule has 2 amide bonds. The van der Waals surface area contributed by atoms with E-state index < -0.39 is 5.41 Å². The normalized spacial score (nSPS) is 16.9. The molecule has 1 saturated carbocycles. The van der Waals surface area contributed by atoms with Crippen LogP contribution in [0, 0.1) is 5.41 Å². The Kier molecular flexibility index (Phi) is 5.72. The Morgan fingerprint density at radius 3 is 2.37 bits per heavy atom. The summed E-state index contributed by atoms with van der Waals surface area (Å²) in [6, 6.07) is 0. The Labute approximate surface area is 119 Å². The summed E-state index contributed by atoms with van der Waals surface area (Å²) in [4.78, 5) is 26.1. The molecule has 0 spiro atoms. The Morgan fingerprint density at radius 2 is 1.95 bits per heavy atom. The first-order valence-corrected chi connectivity index (χ1v) is 7.18. The van der Waals surface area contributed by atoms with Gasteiger partial charge in [-0.15, -0.1) is 0 Å². The van der Waals surface area contributed by atoms with E-state index in [1.807, 2.05) is 6.92 Å². The highest BCUT2D eigenvalue weighted by Gasteiger charge is 2.46. The van der Waals surface area contributed by atoms with Crippen LogP contribution in [0.4, 0.5) is 0 Å². The molecule has 6 heteroatoms. The highest BCUT2D eigenvalue weighted by atomic mass is 32.1. The average molecular weight is 285 g/mol. The van der Waals surface area contributed by atoms with Gasteiger partial charge in [-0.3, -0.25) is 9.59 Å². The maximum Gasteiger partial charge on any atom is 0.239 e. The molecule has 5 nitrogen and oxygen atoms in total. The zero-order valence-corrected chi connectivity index (χ0v) is 12.5. The summed E-state index contributed by atoms with van der Waals surface area (Å²) in [6.45, 7) is 2.61. The molecule has 0 atom stereocenters. The SMILES string of the molecule is CCCN(CC(=O)NC)C(=O)C1(C(N)=S)CCCC1. The minimum atomic E-state index is -0.724. The van der Waals surface area contributed by atoms with Crippen LogP contribution >= 0.6 is 12.2 Å². The lowest BCUT2D eigenvalue weighted by Gasteiger charge is -2.33. The number of rotatable bonds is 6. The molecule has 0 aliphatic heterocycles. The summed E-state index contributed by atoms with van der Waals surface area (Å²) >= 11 is 5.12. The molecule has 0 aromatic carbocycles. The van der Waals surface area contributed by atoms with E-state index in [1.165, 1.54) is 0 Å². The van der Waals surface area contributed by atoms with Crippen molar-refractivity contribution in [1.29, 1.82) is 0 Å². The average Bonchev–Trinajstić information content (AvgIpc) is 2.87. The number of amides is 2. The number of hydrogen-bond donors (Lipinski definition) is 2. The maximum atomic E-state index is 12.7. The van der Waals surface area contributed by atoms with Crippen LogP contribution in [0.3, 0.4) is 0 Å². The summed E-state index contributed by atoms with van der Waals surface area (Å²) in [5.74, 6) is -0.249. The molecule has 1 fully saturated rings. The number of carbonyl (C=O) groups excluding carboxylic acids is 2. The van der Waals surface area contributed by atoms with Crippen molar-refractivity contribution in [3.05, 3.63) is 0 Å². The lowest BCUT2D eigenvalue weighted by molar-refractivity contribution is -0.141. The molecular formula is C13H23N3O2S. The summed E-state index contributed by atoms with van der Waals surface area (Å²) in [6.07, 6.45) is 4.13. The predicted octanol–water partition coefficient (Wildman–Crippen LogP) is 0.817. The van der Waals surface area contributed by atoms with Crippen molar-refractivity contribution in [3.63, 3.8) is 0 Å². The first-order valence-electron chi connectivity index (χ1n) is 6.77. The smallest absolute Gasteiger partial charge is 0.239 e. The number of likely N-dealkylation sites (N-methyl/N-ethyl adjacent to an activating group) is 1. The summed E-state index contributed by atoms with van der Waals surface area (Å²) in [5, 5.41) is 2.54. The minimum absolute atomic E-state index is 0.0769. The summed E-state index contributed by atoms with van der Waals surface area (Å²) in [7, 11) is 1.57. The van der Waals surface area contributed by atoms with E-state index in [0.29, 0.717) is 19.4 Å². The molecule has 0 bridgehead atoms. The van der Waals surface area contributed by atoms with Gasteiger partial charge in [0.2, 0.25) is 11.8 Å². The number of nitrogens with zero attached hydrogens (tertiary/aromatic N) is 1. The lowest BCUT2D eigenvalue weighted by atomic mass is 9.84. The van der Waals surface area contributed by atoms with Gasteiger partial charge in [-0.1, -0.05) is 32.0 Å². The molecule has 3 N–H and O–H groups in total. The Bertz CT molecular complexity index is 365. The van der Waals surface area contributed by atoms with Gasteiger partial charge in [0.05, 0.1) is 16.9 Å². The highest BCUT2D eigenvalue weighted by Crippen LogP contribution is 2.40. The van der Waals surface area contributed by atoms with Crippen molar-refractivity contribution < 1.29 is 9.59 Å². The molecule has 0 saturated heterocycles. The molecule has 1 aliphatic rings. The second-order valence-corrected chi connectivity index (χ2v) is 5.49. The number of carbonyl (C=O) groups is 2. The van der Waals surface area contributed by atoms with Crippen LogP contribution in [0.15, 0.2) is 0 Å². The van der Waals surface area contributed by atoms with Gasteiger partial charge in [0.15, 0.2) is 0 Å². The van der Waals surface area contributed by atoms with Crippen molar-refractivity contribution in [1.82, 2.24) is 10.2 Å². The van der Waals surface area contributed by atoms with Crippen LogP contribution in [0.5, 0.6) is 0 Å². The van der Waals surface area contributed by atoms with Gasteiger partial charge in [-0.05, 0) is 19.3 Å². The summed E-state index contributed by atoms with van der Waals surface area (Å²) < 4.78 is 0. The second kappa shape index (κ2) is 6.84. The van der Waals surface area contributed by atoms with Crippen molar-refractivity contribution in [2.24, 2.45) is 11.1 Å². The van der Waals surface area contributed by atoms with Crippen molar-refractivity contribution in [3.8, 4) is 0 Å². The third-order valence-corrected chi connectivity index (χ3v) is 4.12. The molecule has 0 radical (unpaired) electrons. The summed E-state index contributed by atoms with van der Waals surface area (Å²) in [5.41, 5.74) is 5.09. The quantitative estimate of drug-likeness (QED) is 0.708. The number of hydrogen-bond acceptors (Lipinski definition) is 3. The van der Waals surface area contributed by atoms with Gasteiger partial charge in [-0.2, -0.15) is 0 Å². The molecule has 0 aromatic rings. The fourth-order valence-electron chi connectivity index (χ4n) is 2.62. The van der Waals surface area contributed by atoms with Crippen molar-refractivity contribution in [2.45, 2.75) is 39.0 Å². The Morgan fingerprint density at radius 1 is 1.37 bits per heavy atom. The molecule has 1 rings (SSSR count). The van der Waals surface area contributed by atoms with Crippen LogP contribution in [-0.4, -0.2) is 41.8 Å². The number of nitrogens with one attached hydrogen (secondary N) is 1. The lowest BCUT2D eigenvalue weighted by Crippen LogP contribution is -2.51.